The highest BCUT2D eigenvalue weighted by Gasteiger charge is 2.15. The van der Waals surface area contributed by atoms with Gasteiger partial charge in [0, 0.05) is 26.9 Å². The second kappa shape index (κ2) is 9.48. The third kappa shape index (κ3) is 5.65. The summed E-state index contributed by atoms with van der Waals surface area (Å²) in [5.41, 5.74) is 2.51. The minimum Gasteiger partial charge on any atom is -0.341 e. The van der Waals surface area contributed by atoms with E-state index in [1.165, 1.54) is 37.1 Å². The molecule has 0 fully saturated rings. The van der Waals surface area contributed by atoms with Crippen LogP contribution in [0.3, 0.4) is 0 Å². The van der Waals surface area contributed by atoms with Crippen LogP contribution in [0.1, 0.15) is 39.5 Å². The Hall–Kier alpha value is -0.800. The highest BCUT2D eigenvalue weighted by molar-refractivity contribution is 9.10. The minimum absolute atomic E-state index is 0.724. The minimum atomic E-state index is 0.724. The molecule has 0 bridgehead atoms. The zero-order chi connectivity index (χ0) is 16.7. The number of nitrogens with zero attached hydrogens (tertiary/aromatic N) is 1. The van der Waals surface area contributed by atoms with Gasteiger partial charge in [-0.1, -0.05) is 65.0 Å². The molecule has 1 unspecified atom stereocenters. The first-order valence-electron chi connectivity index (χ1n) is 8.42. The van der Waals surface area contributed by atoms with Crippen LogP contribution in [0, 0.1) is 5.92 Å². The maximum absolute atomic E-state index is 3.53. The molecule has 124 valence electrons. The predicted octanol–water partition coefficient (Wildman–Crippen LogP) is 7.57. The molecule has 0 N–H and O–H groups in total. The van der Waals surface area contributed by atoms with Gasteiger partial charge in [0.15, 0.2) is 0 Å². The van der Waals surface area contributed by atoms with Crippen molar-refractivity contribution in [3.8, 4) is 0 Å². The normalized spacial score (nSPS) is 12.2. The SMILES string of the molecule is CCCCC(CC)CN(c1ccc(Br)cc1)c1ccc(Br)cc1. The van der Waals surface area contributed by atoms with Crippen LogP contribution in [-0.4, -0.2) is 6.54 Å². The monoisotopic (exact) mass is 437 g/mol. The molecule has 2 aromatic carbocycles. The van der Waals surface area contributed by atoms with Crippen LogP contribution in [0.5, 0.6) is 0 Å². The number of hydrogen-bond acceptors (Lipinski definition) is 1. The van der Waals surface area contributed by atoms with E-state index < -0.39 is 0 Å². The van der Waals surface area contributed by atoms with Crippen LogP contribution in [-0.2, 0) is 0 Å². The Labute approximate surface area is 157 Å². The molecule has 1 nitrogen and oxygen atoms in total. The molecule has 0 spiro atoms. The molecule has 0 amide bonds. The predicted molar refractivity (Wildman–Crippen MR) is 109 cm³/mol. The lowest BCUT2D eigenvalue weighted by atomic mass is 9.98. The van der Waals surface area contributed by atoms with Crippen molar-refractivity contribution in [3.63, 3.8) is 0 Å². The Morgan fingerprint density at radius 1 is 0.826 bits per heavy atom. The van der Waals surface area contributed by atoms with Crippen molar-refractivity contribution >= 4 is 43.2 Å². The van der Waals surface area contributed by atoms with E-state index >= 15 is 0 Å². The summed E-state index contributed by atoms with van der Waals surface area (Å²) in [6.45, 7) is 5.65. The van der Waals surface area contributed by atoms with E-state index in [-0.39, 0.29) is 0 Å². The number of halogens is 2. The van der Waals surface area contributed by atoms with Crippen LogP contribution in [0.15, 0.2) is 57.5 Å². The zero-order valence-electron chi connectivity index (χ0n) is 13.9. The molecule has 0 aliphatic rings. The van der Waals surface area contributed by atoms with Gasteiger partial charge in [0.1, 0.15) is 0 Å². The first kappa shape index (κ1) is 18.5. The third-order valence-electron chi connectivity index (χ3n) is 4.26. The summed E-state index contributed by atoms with van der Waals surface area (Å²) in [5, 5.41) is 0. The van der Waals surface area contributed by atoms with Crippen molar-refractivity contribution < 1.29 is 0 Å². The highest BCUT2D eigenvalue weighted by Crippen LogP contribution is 2.30. The largest absolute Gasteiger partial charge is 0.341 e. The van der Waals surface area contributed by atoms with Crippen LogP contribution in [0.25, 0.3) is 0 Å². The Balaban J connectivity index is 2.26. The lowest BCUT2D eigenvalue weighted by molar-refractivity contribution is 0.458. The van der Waals surface area contributed by atoms with Crippen molar-refractivity contribution in [3.05, 3.63) is 57.5 Å². The average molecular weight is 439 g/mol. The number of hydrogen-bond donors (Lipinski definition) is 0. The second-order valence-corrected chi connectivity index (χ2v) is 7.81. The lowest BCUT2D eigenvalue weighted by Crippen LogP contribution is -2.25. The number of benzene rings is 2. The Morgan fingerprint density at radius 2 is 1.30 bits per heavy atom. The standard InChI is InChI=1S/C20H25Br2N/c1-3-5-6-16(4-2)15-23(19-11-7-17(21)8-12-19)20-13-9-18(22)10-14-20/h7-14,16H,3-6,15H2,1-2H3. The maximum atomic E-state index is 3.53. The van der Waals surface area contributed by atoms with Crippen LogP contribution < -0.4 is 4.90 Å². The van der Waals surface area contributed by atoms with Gasteiger partial charge < -0.3 is 4.90 Å². The fourth-order valence-electron chi connectivity index (χ4n) is 2.78. The van der Waals surface area contributed by atoms with E-state index in [0.717, 1.165) is 21.4 Å². The first-order valence-corrected chi connectivity index (χ1v) is 10.0. The molecule has 23 heavy (non-hydrogen) atoms. The molecule has 0 aliphatic heterocycles. The Morgan fingerprint density at radius 3 is 1.70 bits per heavy atom. The van der Waals surface area contributed by atoms with E-state index in [9.17, 15) is 0 Å². The van der Waals surface area contributed by atoms with E-state index in [1.54, 1.807) is 0 Å². The van der Waals surface area contributed by atoms with Crippen LogP contribution in [0.4, 0.5) is 11.4 Å². The van der Waals surface area contributed by atoms with Crippen molar-refractivity contribution in [2.24, 2.45) is 5.92 Å². The van der Waals surface area contributed by atoms with E-state index in [1.807, 2.05) is 0 Å². The van der Waals surface area contributed by atoms with E-state index in [0.29, 0.717) is 0 Å². The lowest BCUT2D eigenvalue weighted by Gasteiger charge is -2.29. The van der Waals surface area contributed by atoms with Gasteiger partial charge in [-0.2, -0.15) is 0 Å². The highest BCUT2D eigenvalue weighted by atomic mass is 79.9. The molecule has 2 aromatic rings. The molecule has 0 aliphatic carbocycles. The molecule has 1 atom stereocenters. The number of unbranched alkanes of at least 4 members (excludes halogenated alkanes) is 1. The molecule has 0 saturated carbocycles. The van der Waals surface area contributed by atoms with Crippen LogP contribution in [0.2, 0.25) is 0 Å². The van der Waals surface area contributed by atoms with E-state index in [2.05, 4.69) is 99.1 Å². The van der Waals surface area contributed by atoms with Crippen molar-refractivity contribution in [2.75, 3.05) is 11.4 Å². The van der Waals surface area contributed by atoms with Crippen molar-refractivity contribution in [2.45, 2.75) is 39.5 Å². The van der Waals surface area contributed by atoms with E-state index in [4.69, 9.17) is 0 Å². The Bertz CT molecular complexity index is 532. The average Bonchev–Trinajstić information content (AvgIpc) is 2.57. The summed E-state index contributed by atoms with van der Waals surface area (Å²) in [7, 11) is 0. The summed E-state index contributed by atoms with van der Waals surface area (Å²) in [6, 6.07) is 17.2. The van der Waals surface area contributed by atoms with Gasteiger partial charge in [-0.25, -0.2) is 0 Å². The molecule has 0 radical (unpaired) electrons. The molecule has 0 heterocycles. The first-order chi connectivity index (χ1) is 11.1. The van der Waals surface area contributed by atoms with Gasteiger partial charge in [-0.15, -0.1) is 0 Å². The summed E-state index contributed by atoms with van der Waals surface area (Å²) in [4.78, 5) is 2.45. The molecule has 3 heteroatoms. The van der Waals surface area contributed by atoms with Crippen molar-refractivity contribution in [1.29, 1.82) is 0 Å². The molecule has 2 rings (SSSR count). The summed E-state index contributed by atoms with van der Waals surface area (Å²) in [5.74, 6) is 0.724. The smallest absolute Gasteiger partial charge is 0.0411 e. The fraction of sp³-hybridized carbons (Fsp3) is 0.400. The number of anilines is 2. The summed E-state index contributed by atoms with van der Waals surface area (Å²) >= 11 is 7.07. The molecule has 0 aromatic heterocycles. The molecular formula is C20H25Br2N. The zero-order valence-corrected chi connectivity index (χ0v) is 17.1. The summed E-state index contributed by atoms with van der Waals surface area (Å²) < 4.78 is 2.24. The van der Waals surface area contributed by atoms with Gasteiger partial charge in [-0.05, 0) is 60.9 Å². The fourth-order valence-corrected chi connectivity index (χ4v) is 3.31. The summed E-state index contributed by atoms with van der Waals surface area (Å²) in [6.07, 6.45) is 5.11. The van der Waals surface area contributed by atoms with Gasteiger partial charge >= 0.3 is 0 Å². The molecule has 0 saturated heterocycles. The quantitative estimate of drug-likeness (QED) is 0.410. The van der Waals surface area contributed by atoms with Gasteiger partial charge in [0.05, 0.1) is 0 Å². The van der Waals surface area contributed by atoms with Crippen molar-refractivity contribution in [1.82, 2.24) is 0 Å². The topological polar surface area (TPSA) is 3.24 Å². The van der Waals surface area contributed by atoms with Crippen LogP contribution >= 0.6 is 31.9 Å². The van der Waals surface area contributed by atoms with Gasteiger partial charge in [0.25, 0.3) is 0 Å². The molecular weight excluding hydrogens is 414 g/mol. The van der Waals surface area contributed by atoms with Gasteiger partial charge in [-0.3, -0.25) is 0 Å². The Kier molecular flexibility index (Phi) is 7.64. The maximum Gasteiger partial charge on any atom is 0.0411 e. The second-order valence-electron chi connectivity index (χ2n) is 5.98. The van der Waals surface area contributed by atoms with Gasteiger partial charge in [0.2, 0.25) is 0 Å². The number of rotatable bonds is 8. The third-order valence-corrected chi connectivity index (χ3v) is 5.32.